The largest absolute Gasteiger partial charge is 0.497 e. The molecular weight excluding hydrogens is 332 g/mol. The summed E-state index contributed by atoms with van der Waals surface area (Å²) in [6, 6.07) is 11.1. The maximum Gasteiger partial charge on any atom is 0.238 e. The molecule has 3 N–H and O–H groups in total. The molecule has 0 aliphatic rings. The van der Waals surface area contributed by atoms with Gasteiger partial charge in [0.2, 0.25) is 15.9 Å². The highest BCUT2D eigenvalue weighted by Gasteiger charge is 2.14. The summed E-state index contributed by atoms with van der Waals surface area (Å²) in [6.45, 7) is 0. The second-order valence-corrected chi connectivity index (χ2v) is 6.54. The van der Waals surface area contributed by atoms with Gasteiger partial charge in [0.25, 0.3) is 0 Å². The summed E-state index contributed by atoms with van der Waals surface area (Å²) in [7, 11) is -0.890. The van der Waals surface area contributed by atoms with E-state index in [1.807, 2.05) is 0 Å². The van der Waals surface area contributed by atoms with Gasteiger partial charge < -0.3 is 14.8 Å². The third-order valence-corrected chi connectivity index (χ3v) is 4.21. The molecule has 0 aliphatic heterocycles. The zero-order chi connectivity index (χ0) is 17.7. The van der Waals surface area contributed by atoms with Crippen molar-refractivity contribution in [3.05, 3.63) is 48.0 Å². The van der Waals surface area contributed by atoms with E-state index >= 15 is 0 Å². The first kappa shape index (κ1) is 17.8. The van der Waals surface area contributed by atoms with Gasteiger partial charge in [-0.2, -0.15) is 0 Å². The molecule has 0 radical (unpaired) electrons. The number of anilines is 1. The molecule has 128 valence electrons. The van der Waals surface area contributed by atoms with Crippen molar-refractivity contribution in [1.29, 1.82) is 0 Å². The number of ether oxygens (including phenoxy) is 2. The van der Waals surface area contributed by atoms with E-state index in [0.717, 1.165) is 5.56 Å². The molecule has 7 nitrogen and oxygen atoms in total. The summed E-state index contributed by atoms with van der Waals surface area (Å²) in [5.74, 6) is 0.720. The molecule has 0 unspecified atom stereocenters. The number of hydrogen-bond donors (Lipinski definition) is 2. The van der Waals surface area contributed by atoms with Crippen LogP contribution in [0.3, 0.4) is 0 Å². The minimum atomic E-state index is -3.87. The second kappa shape index (κ2) is 7.33. The van der Waals surface area contributed by atoms with Crippen molar-refractivity contribution in [2.75, 3.05) is 19.5 Å². The van der Waals surface area contributed by atoms with Crippen LogP contribution in [0.1, 0.15) is 5.56 Å². The fraction of sp³-hybridized carbons (Fsp3) is 0.188. The fourth-order valence-corrected chi connectivity index (χ4v) is 2.62. The number of benzene rings is 2. The molecule has 0 fully saturated rings. The van der Waals surface area contributed by atoms with Crippen molar-refractivity contribution in [2.24, 2.45) is 5.14 Å². The molecule has 0 saturated heterocycles. The molecule has 0 aliphatic carbocycles. The van der Waals surface area contributed by atoms with Gasteiger partial charge in [-0.25, -0.2) is 13.6 Å². The Morgan fingerprint density at radius 1 is 1.08 bits per heavy atom. The maximum atomic E-state index is 12.2. The Hall–Kier alpha value is -2.58. The van der Waals surface area contributed by atoms with Gasteiger partial charge in [-0.05, 0) is 35.9 Å². The van der Waals surface area contributed by atoms with Gasteiger partial charge in [0.15, 0.2) is 0 Å². The van der Waals surface area contributed by atoms with Gasteiger partial charge in [0, 0.05) is 0 Å². The number of methoxy groups -OCH3 is 2. The highest BCUT2D eigenvalue weighted by Crippen LogP contribution is 2.27. The summed E-state index contributed by atoms with van der Waals surface area (Å²) >= 11 is 0. The van der Waals surface area contributed by atoms with Crippen LogP contribution in [-0.2, 0) is 21.2 Å². The molecule has 0 aromatic heterocycles. The molecule has 1 amide bonds. The number of carbonyl (C=O) groups is 1. The fourth-order valence-electron chi connectivity index (χ4n) is 2.08. The van der Waals surface area contributed by atoms with E-state index in [2.05, 4.69) is 5.32 Å². The number of nitrogens with two attached hydrogens (primary N) is 1. The van der Waals surface area contributed by atoms with Crippen molar-refractivity contribution in [3.8, 4) is 11.5 Å². The van der Waals surface area contributed by atoms with Crippen LogP contribution in [0, 0.1) is 0 Å². The van der Waals surface area contributed by atoms with Crippen LogP contribution in [-0.4, -0.2) is 28.5 Å². The van der Waals surface area contributed by atoms with E-state index in [4.69, 9.17) is 14.6 Å². The van der Waals surface area contributed by atoms with Crippen molar-refractivity contribution >= 4 is 21.6 Å². The van der Waals surface area contributed by atoms with Gasteiger partial charge in [-0.3, -0.25) is 4.79 Å². The number of amides is 1. The van der Waals surface area contributed by atoms with Gasteiger partial charge in [-0.15, -0.1) is 0 Å². The zero-order valence-electron chi connectivity index (χ0n) is 13.3. The highest BCUT2D eigenvalue weighted by molar-refractivity contribution is 7.89. The van der Waals surface area contributed by atoms with Crippen LogP contribution in [0.15, 0.2) is 47.4 Å². The average molecular weight is 350 g/mol. The lowest BCUT2D eigenvalue weighted by molar-refractivity contribution is -0.115. The lowest BCUT2D eigenvalue weighted by atomic mass is 10.1. The summed E-state index contributed by atoms with van der Waals surface area (Å²) in [5, 5.41) is 7.74. The summed E-state index contributed by atoms with van der Waals surface area (Å²) < 4.78 is 33.1. The van der Waals surface area contributed by atoms with Crippen molar-refractivity contribution in [3.63, 3.8) is 0 Å². The second-order valence-electron chi connectivity index (χ2n) is 4.98. The Balaban J connectivity index is 2.17. The smallest absolute Gasteiger partial charge is 0.238 e. The standard InChI is InChI=1S/C16H18N2O5S/c1-22-12-5-3-11(4-6-12)9-16(19)18-14-10-13(24(17,20)21)7-8-15(14)23-2/h3-8,10H,9H2,1-2H3,(H,18,19)(H2,17,20,21). The predicted molar refractivity (Wildman–Crippen MR) is 89.7 cm³/mol. The molecule has 0 atom stereocenters. The van der Waals surface area contributed by atoms with Gasteiger partial charge in [0.05, 0.1) is 31.2 Å². The Bertz CT molecular complexity index is 832. The molecule has 2 aromatic rings. The molecule has 0 heterocycles. The van der Waals surface area contributed by atoms with Crippen LogP contribution in [0.2, 0.25) is 0 Å². The van der Waals surface area contributed by atoms with Crippen LogP contribution >= 0.6 is 0 Å². The van der Waals surface area contributed by atoms with Crippen LogP contribution in [0.4, 0.5) is 5.69 Å². The Labute approximate surface area is 140 Å². The number of primary sulfonamides is 1. The van der Waals surface area contributed by atoms with Crippen molar-refractivity contribution in [2.45, 2.75) is 11.3 Å². The topological polar surface area (TPSA) is 108 Å². The minimum absolute atomic E-state index is 0.108. The molecule has 0 bridgehead atoms. The van der Waals surface area contributed by atoms with Gasteiger partial charge in [0.1, 0.15) is 11.5 Å². The first-order chi connectivity index (χ1) is 11.3. The molecule has 0 spiro atoms. The van der Waals surface area contributed by atoms with E-state index in [1.54, 1.807) is 31.4 Å². The van der Waals surface area contributed by atoms with Crippen molar-refractivity contribution in [1.82, 2.24) is 0 Å². The Morgan fingerprint density at radius 3 is 2.29 bits per heavy atom. The van der Waals surface area contributed by atoms with Crippen LogP contribution < -0.4 is 19.9 Å². The average Bonchev–Trinajstić information content (AvgIpc) is 2.54. The molecule has 2 aromatic carbocycles. The first-order valence-corrected chi connectivity index (χ1v) is 8.51. The predicted octanol–water partition coefficient (Wildman–Crippen LogP) is 1.53. The molecule has 0 saturated carbocycles. The Morgan fingerprint density at radius 2 is 1.75 bits per heavy atom. The SMILES string of the molecule is COc1ccc(CC(=O)Nc2cc(S(N)(=O)=O)ccc2OC)cc1. The monoisotopic (exact) mass is 350 g/mol. The van der Waals surface area contributed by atoms with Crippen LogP contribution in [0.5, 0.6) is 11.5 Å². The number of hydrogen-bond acceptors (Lipinski definition) is 5. The molecule has 2 rings (SSSR count). The van der Waals surface area contributed by atoms with Gasteiger partial charge in [-0.1, -0.05) is 12.1 Å². The van der Waals surface area contributed by atoms with E-state index in [-0.39, 0.29) is 22.9 Å². The third kappa shape index (κ3) is 4.46. The summed E-state index contributed by atoms with van der Waals surface area (Å²) in [6.07, 6.45) is 0.118. The van der Waals surface area contributed by atoms with E-state index in [1.165, 1.54) is 25.3 Å². The lowest BCUT2D eigenvalue weighted by Crippen LogP contribution is -2.17. The van der Waals surface area contributed by atoms with E-state index in [0.29, 0.717) is 11.5 Å². The minimum Gasteiger partial charge on any atom is -0.497 e. The summed E-state index contributed by atoms with van der Waals surface area (Å²) in [4.78, 5) is 12.1. The normalized spacial score (nSPS) is 11.0. The number of nitrogens with one attached hydrogen (secondary N) is 1. The van der Waals surface area contributed by atoms with Crippen molar-refractivity contribution < 1.29 is 22.7 Å². The lowest BCUT2D eigenvalue weighted by Gasteiger charge is -2.11. The zero-order valence-corrected chi connectivity index (χ0v) is 14.1. The maximum absolute atomic E-state index is 12.2. The third-order valence-electron chi connectivity index (χ3n) is 3.30. The summed E-state index contributed by atoms with van der Waals surface area (Å²) in [5.41, 5.74) is 1.03. The number of rotatable bonds is 6. The quantitative estimate of drug-likeness (QED) is 0.821. The van der Waals surface area contributed by atoms with Gasteiger partial charge >= 0.3 is 0 Å². The molecular formula is C16H18N2O5S. The van der Waals surface area contributed by atoms with E-state index in [9.17, 15) is 13.2 Å². The molecule has 24 heavy (non-hydrogen) atoms. The number of carbonyl (C=O) groups excluding carboxylic acids is 1. The molecule has 8 heteroatoms. The highest BCUT2D eigenvalue weighted by atomic mass is 32.2. The first-order valence-electron chi connectivity index (χ1n) is 6.97. The number of sulfonamides is 1. The van der Waals surface area contributed by atoms with E-state index < -0.39 is 10.0 Å². The van der Waals surface area contributed by atoms with Crippen LogP contribution in [0.25, 0.3) is 0 Å². The Kier molecular flexibility index (Phi) is 5.42.